The molecule has 0 aromatic rings. The predicted octanol–water partition coefficient (Wildman–Crippen LogP) is 2.11. The number of hydrogen-bond donors (Lipinski definition) is 1. The lowest BCUT2D eigenvalue weighted by atomic mass is 9.95. The van der Waals surface area contributed by atoms with Gasteiger partial charge in [0.1, 0.15) is 0 Å². The van der Waals surface area contributed by atoms with E-state index in [1.807, 2.05) is 0 Å². The van der Waals surface area contributed by atoms with E-state index in [-0.39, 0.29) is 0 Å². The van der Waals surface area contributed by atoms with E-state index in [0.29, 0.717) is 0 Å². The Morgan fingerprint density at radius 3 is 2.44 bits per heavy atom. The van der Waals surface area contributed by atoms with E-state index in [1.54, 1.807) is 0 Å². The van der Waals surface area contributed by atoms with Gasteiger partial charge in [0, 0.05) is 32.2 Å². The average Bonchev–Trinajstić information content (AvgIpc) is 3.18. The molecule has 1 saturated heterocycles. The van der Waals surface area contributed by atoms with Crippen LogP contribution in [0.25, 0.3) is 0 Å². The van der Waals surface area contributed by atoms with Crippen molar-refractivity contribution in [3.05, 3.63) is 0 Å². The van der Waals surface area contributed by atoms with Gasteiger partial charge >= 0.3 is 0 Å². The molecule has 1 N–H and O–H groups in total. The molecule has 2 aliphatic carbocycles. The molecule has 1 atom stereocenters. The molecule has 3 rings (SSSR count). The maximum Gasteiger partial charge on any atom is 0.0218 e. The van der Waals surface area contributed by atoms with E-state index in [1.165, 1.54) is 58.3 Å². The third-order valence-corrected chi connectivity index (χ3v) is 4.84. The molecule has 0 spiro atoms. The van der Waals surface area contributed by atoms with Gasteiger partial charge in [-0.1, -0.05) is 6.92 Å². The molecule has 0 bridgehead atoms. The molecule has 0 aromatic heterocycles. The number of rotatable bonds is 5. The second-order valence-electron chi connectivity index (χ2n) is 6.10. The van der Waals surface area contributed by atoms with Crippen LogP contribution in [0.3, 0.4) is 0 Å². The summed E-state index contributed by atoms with van der Waals surface area (Å²) < 4.78 is 0. The van der Waals surface area contributed by atoms with Crippen LogP contribution in [0.4, 0.5) is 0 Å². The van der Waals surface area contributed by atoms with E-state index in [9.17, 15) is 0 Å². The maximum absolute atomic E-state index is 3.54. The van der Waals surface area contributed by atoms with Gasteiger partial charge in [-0.15, -0.1) is 0 Å². The van der Waals surface area contributed by atoms with Crippen LogP contribution in [-0.4, -0.2) is 37.1 Å². The van der Waals surface area contributed by atoms with Crippen LogP contribution < -0.4 is 5.32 Å². The molecule has 1 unspecified atom stereocenters. The van der Waals surface area contributed by atoms with Crippen LogP contribution >= 0.6 is 0 Å². The molecular weight excluding hydrogens is 196 g/mol. The van der Waals surface area contributed by atoms with Crippen LogP contribution in [0.15, 0.2) is 0 Å². The summed E-state index contributed by atoms with van der Waals surface area (Å²) in [5, 5.41) is 3.54. The third kappa shape index (κ3) is 2.43. The average molecular weight is 222 g/mol. The first kappa shape index (κ1) is 11.0. The van der Waals surface area contributed by atoms with Crippen LogP contribution in [0, 0.1) is 17.8 Å². The molecule has 2 nitrogen and oxygen atoms in total. The molecule has 16 heavy (non-hydrogen) atoms. The summed E-state index contributed by atoms with van der Waals surface area (Å²) >= 11 is 0. The molecule has 92 valence electrons. The Bertz CT molecular complexity index is 221. The van der Waals surface area contributed by atoms with Crippen LogP contribution in [0.2, 0.25) is 0 Å². The first-order valence-corrected chi connectivity index (χ1v) is 7.33. The van der Waals surface area contributed by atoms with E-state index in [2.05, 4.69) is 17.1 Å². The van der Waals surface area contributed by atoms with E-state index >= 15 is 0 Å². The smallest absolute Gasteiger partial charge is 0.0218 e. The highest BCUT2D eigenvalue weighted by atomic mass is 15.2. The maximum atomic E-state index is 3.54. The van der Waals surface area contributed by atoms with E-state index in [4.69, 9.17) is 0 Å². The Morgan fingerprint density at radius 1 is 1.19 bits per heavy atom. The fourth-order valence-electron chi connectivity index (χ4n) is 3.45. The van der Waals surface area contributed by atoms with Gasteiger partial charge in [-0.2, -0.15) is 0 Å². The molecule has 1 aliphatic heterocycles. The van der Waals surface area contributed by atoms with Gasteiger partial charge in [-0.3, -0.25) is 4.90 Å². The third-order valence-electron chi connectivity index (χ3n) is 4.84. The Labute approximate surface area is 99.8 Å². The fourth-order valence-corrected chi connectivity index (χ4v) is 3.45. The van der Waals surface area contributed by atoms with Gasteiger partial charge in [0.15, 0.2) is 0 Å². The minimum absolute atomic E-state index is 0.814. The zero-order chi connectivity index (χ0) is 11.0. The highest BCUT2D eigenvalue weighted by molar-refractivity contribution is 4.94. The topological polar surface area (TPSA) is 15.3 Å². The van der Waals surface area contributed by atoms with Crippen LogP contribution in [0.5, 0.6) is 0 Å². The molecule has 2 saturated carbocycles. The van der Waals surface area contributed by atoms with Crippen molar-refractivity contribution in [1.82, 2.24) is 10.2 Å². The van der Waals surface area contributed by atoms with Crippen molar-refractivity contribution in [2.75, 3.05) is 26.2 Å². The fraction of sp³-hybridized carbons (Fsp3) is 1.00. The molecule has 2 heteroatoms. The van der Waals surface area contributed by atoms with Crippen molar-refractivity contribution in [2.24, 2.45) is 17.8 Å². The van der Waals surface area contributed by atoms with Crippen molar-refractivity contribution in [3.63, 3.8) is 0 Å². The van der Waals surface area contributed by atoms with E-state index in [0.717, 1.165) is 23.8 Å². The summed E-state index contributed by atoms with van der Waals surface area (Å²) in [6.45, 7) is 7.47. The van der Waals surface area contributed by atoms with Gasteiger partial charge in [0.2, 0.25) is 0 Å². The summed E-state index contributed by atoms with van der Waals surface area (Å²) in [5.74, 6) is 3.28. The molecule has 0 radical (unpaired) electrons. The monoisotopic (exact) mass is 222 g/mol. The van der Waals surface area contributed by atoms with Gasteiger partial charge < -0.3 is 5.32 Å². The van der Waals surface area contributed by atoms with Crippen molar-refractivity contribution in [3.8, 4) is 0 Å². The number of piperazine rings is 1. The molecule has 0 aromatic carbocycles. The second kappa shape index (κ2) is 4.66. The van der Waals surface area contributed by atoms with Crippen molar-refractivity contribution in [2.45, 2.75) is 45.1 Å². The number of nitrogens with one attached hydrogen (secondary N) is 1. The summed E-state index contributed by atoms with van der Waals surface area (Å²) in [5.41, 5.74) is 0. The van der Waals surface area contributed by atoms with Gasteiger partial charge in [-0.05, 0) is 49.9 Å². The number of nitrogens with zero attached hydrogens (tertiary/aromatic N) is 1. The molecule has 3 fully saturated rings. The van der Waals surface area contributed by atoms with Crippen molar-refractivity contribution < 1.29 is 0 Å². The second-order valence-corrected chi connectivity index (χ2v) is 6.10. The quantitative estimate of drug-likeness (QED) is 0.766. The summed E-state index contributed by atoms with van der Waals surface area (Å²) in [6.07, 6.45) is 7.44. The Hall–Kier alpha value is -0.0800. The SMILES string of the molecule is CCC1CNCCN1CC(C1CC1)C1CC1. The largest absolute Gasteiger partial charge is 0.314 e. The highest BCUT2D eigenvalue weighted by Gasteiger charge is 2.42. The Balaban J connectivity index is 1.57. The Kier molecular flexibility index (Phi) is 3.21. The Morgan fingerprint density at radius 2 is 1.88 bits per heavy atom. The lowest BCUT2D eigenvalue weighted by molar-refractivity contribution is 0.120. The summed E-state index contributed by atoms with van der Waals surface area (Å²) in [7, 11) is 0. The molecular formula is C14H26N2. The minimum Gasteiger partial charge on any atom is -0.314 e. The van der Waals surface area contributed by atoms with Gasteiger partial charge in [0.25, 0.3) is 0 Å². The molecule has 3 aliphatic rings. The lowest BCUT2D eigenvalue weighted by Gasteiger charge is -2.38. The van der Waals surface area contributed by atoms with Gasteiger partial charge in [0.05, 0.1) is 0 Å². The van der Waals surface area contributed by atoms with Crippen LogP contribution in [-0.2, 0) is 0 Å². The summed E-state index contributed by atoms with van der Waals surface area (Å²) in [6, 6.07) is 0.814. The van der Waals surface area contributed by atoms with Gasteiger partial charge in [-0.25, -0.2) is 0 Å². The lowest BCUT2D eigenvalue weighted by Crippen LogP contribution is -2.52. The first-order chi connectivity index (χ1) is 7.88. The van der Waals surface area contributed by atoms with Crippen molar-refractivity contribution in [1.29, 1.82) is 0 Å². The normalized spacial score (nSPS) is 32.2. The zero-order valence-electron chi connectivity index (χ0n) is 10.6. The first-order valence-electron chi connectivity index (χ1n) is 7.33. The zero-order valence-corrected chi connectivity index (χ0v) is 10.6. The highest BCUT2D eigenvalue weighted by Crippen LogP contribution is 2.49. The standard InChI is InChI=1S/C14H26N2/c1-2-13-9-15-7-8-16(13)10-14(11-3-4-11)12-5-6-12/h11-15H,2-10H2,1H3. The van der Waals surface area contributed by atoms with Crippen LogP contribution in [0.1, 0.15) is 39.0 Å². The van der Waals surface area contributed by atoms with E-state index < -0.39 is 0 Å². The summed E-state index contributed by atoms with van der Waals surface area (Å²) in [4.78, 5) is 2.79. The predicted molar refractivity (Wildman–Crippen MR) is 67.5 cm³/mol. The molecule has 0 amide bonds. The number of hydrogen-bond acceptors (Lipinski definition) is 2. The minimum atomic E-state index is 0.814. The van der Waals surface area contributed by atoms with Crippen molar-refractivity contribution >= 4 is 0 Å². The molecule has 1 heterocycles.